The van der Waals surface area contributed by atoms with Gasteiger partial charge in [-0.2, -0.15) is 0 Å². The molecule has 0 saturated carbocycles. The maximum Gasteiger partial charge on any atom is 0.222 e. The third kappa shape index (κ3) is 3.80. The number of nitrogens with zero attached hydrogens (tertiary/aromatic N) is 2. The van der Waals surface area contributed by atoms with Crippen molar-refractivity contribution in [3.8, 4) is 0 Å². The zero-order valence-electron chi connectivity index (χ0n) is 10.1. The summed E-state index contributed by atoms with van der Waals surface area (Å²) in [6.45, 7) is 6.53. The van der Waals surface area contributed by atoms with Crippen LogP contribution >= 0.6 is 0 Å². The number of carbonyl (C=O) groups is 1. The van der Waals surface area contributed by atoms with E-state index in [1.165, 1.54) is 0 Å². The molecule has 0 aromatic carbocycles. The molecule has 4 heteroatoms. The number of amides is 1. The van der Waals surface area contributed by atoms with E-state index in [-0.39, 0.29) is 5.91 Å². The first kappa shape index (κ1) is 12.5. The molecule has 1 N–H and O–H groups in total. The van der Waals surface area contributed by atoms with Gasteiger partial charge in [0.05, 0.1) is 0 Å². The molecule has 0 bridgehead atoms. The Morgan fingerprint density at radius 1 is 1.40 bits per heavy atom. The lowest BCUT2D eigenvalue weighted by Gasteiger charge is -2.37. The van der Waals surface area contributed by atoms with E-state index in [1.54, 1.807) is 4.90 Å². The molecule has 15 heavy (non-hydrogen) atoms. The van der Waals surface area contributed by atoms with Crippen LogP contribution in [0.4, 0.5) is 0 Å². The molecule has 1 fully saturated rings. The van der Waals surface area contributed by atoms with Gasteiger partial charge in [0.25, 0.3) is 0 Å². The third-order valence-electron chi connectivity index (χ3n) is 3.02. The number of likely N-dealkylation sites (N-methyl/N-ethyl adjacent to an activating group) is 1. The number of nitrogens with one attached hydrogen (secondary N) is 1. The Labute approximate surface area is 92.6 Å². The van der Waals surface area contributed by atoms with E-state index in [2.05, 4.69) is 17.1 Å². The Bertz CT molecular complexity index is 202. The van der Waals surface area contributed by atoms with Gasteiger partial charge in [-0.1, -0.05) is 6.92 Å². The average molecular weight is 213 g/mol. The summed E-state index contributed by atoms with van der Waals surface area (Å²) in [5.41, 5.74) is 0. The molecule has 0 aliphatic carbocycles. The molecule has 0 radical (unpaired) electrons. The van der Waals surface area contributed by atoms with Gasteiger partial charge in [0.2, 0.25) is 5.91 Å². The van der Waals surface area contributed by atoms with Gasteiger partial charge in [-0.25, -0.2) is 0 Å². The van der Waals surface area contributed by atoms with Gasteiger partial charge in [-0.15, -0.1) is 0 Å². The summed E-state index contributed by atoms with van der Waals surface area (Å²) in [4.78, 5) is 15.5. The van der Waals surface area contributed by atoms with Crippen molar-refractivity contribution < 1.29 is 4.79 Å². The smallest absolute Gasteiger partial charge is 0.222 e. The average Bonchev–Trinajstić information content (AvgIpc) is 2.12. The van der Waals surface area contributed by atoms with Gasteiger partial charge in [-0.05, 0) is 19.5 Å². The van der Waals surface area contributed by atoms with E-state index in [0.717, 1.165) is 32.6 Å². The highest BCUT2D eigenvalue weighted by atomic mass is 16.2. The monoisotopic (exact) mass is 213 g/mol. The summed E-state index contributed by atoms with van der Waals surface area (Å²) in [6, 6.07) is 0.699. The second kappa shape index (κ2) is 6.08. The summed E-state index contributed by atoms with van der Waals surface area (Å²) >= 11 is 0. The second-order valence-corrected chi connectivity index (χ2v) is 4.33. The van der Waals surface area contributed by atoms with Crippen molar-refractivity contribution in [2.45, 2.75) is 25.8 Å². The van der Waals surface area contributed by atoms with Crippen LogP contribution in [0.15, 0.2) is 0 Å². The zero-order valence-corrected chi connectivity index (χ0v) is 10.1. The van der Waals surface area contributed by atoms with Gasteiger partial charge in [0.1, 0.15) is 0 Å². The number of hydrogen-bond acceptors (Lipinski definition) is 3. The Morgan fingerprint density at radius 2 is 2.07 bits per heavy atom. The molecule has 1 aliphatic rings. The van der Waals surface area contributed by atoms with Gasteiger partial charge in [0, 0.05) is 39.6 Å². The van der Waals surface area contributed by atoms with Crippen molar-refractivity contribution in [3.63, 3.8) is 0 Å². The summed E-state index contributed by atoms with van der Waals surface area (Å²) in [6.07, 6.45) is 1.64. The van der Waals surface area contributed by atoms with Crippen LogP contribution in [0.5, 0.6) is 0 Å². The van der Waals surface area contributed by atoms with Crippen LogP contribution in [0.3, 0.4) is 0 Å². The molecule has 0 atom stereocenters. The van der Waals surface area contributed by atoms with Crippen LogP contribution in [0.1, 0.15) is 19.8 Å². The standard InChI is InChI=1S/C11H23N3O/c1-4-14(10-8-12-9-10)7-5-6-11(15)13(2)3/h10,12H,4-9H2,1-3H3. The molecule has 1 rings (SSSR count). The topological polar surface area (TPSA) is 35.6 Å². The largest absolute Gasteiger partial charge is 0.349 e. The molecular weight excluding hydrogens is 190 g/mol. The van der Waals surface area contributed by atoms with Crippen molar-refractivity contribution in [2.75, 3.05) is 40.3 Å². The maximum absolute atomic E-state index is 11.4. The number of hydrogen-bond donors (Lipinski definition) is 1. The van der Waals surface area contributed by atoms with E-state index >= 15 is 0 Å². The molecule has 0 spiro atoms. The highest BCUT2D eigenvalue weighted by Gasteiger charge is 2.22. The lowest BCUT2D eigenvalue weighted by molar-refractivity contribution is -0.128. The van der Waals surface area contributed by atoms with Crippen LogP contribution in [0.25, 0.3) is 0 Å². The van der Waals surface area contributed by atoms with Crippen molar-refractivity contribution in [3.05, 3.63) is 0 Å². The fourth-order valence-electron chi connectivity index (χ4n) is 1.79. The normalized spacial score (nSPS) is 16.5. The summed E-state index contributed by atoms with van der Waals surface area (Å²) in [5.74, 6) is 0.234. The Hall–Kier alpha value is -0.610. The Morgan fingerprint density at radius 3 is 2.47 bits per heavy atom. The minimum Gasteiger partial charge on any atom is -0.349 e. The van der Waals surface area contributed by atoms with E-state index in [1.807, 2.05) is 14.1 Å². The quantitative estimate of drug-likeness (QED) is 0.682. The number of carbonyl (C=O) groups excluding carboxylic acids is 1. The van der Waals surface area contributed by atoms with Crippen LogP contribution < -0.4 is 5.32 Å². The van der Waals surface area contributed by atoms with Gasteiger partial charge in [0.15, 0.2) is 0 Å². The van der Waals surface area contributed by atoms with Crippen molar-refractivity contribution in [2.24, 2.45) is 0 Å². The lowest BCUT2D eigenvalue weighted by atomic mass is 10.1. The van der Waals surface area contributed by atoms with Crippen LogP contribution in [-0.2, 0) is 4.79 Å². The first-order valence-electron chi connectivity index (χ1n) is 5.80. The molecular formula is C11H23N3O. The molecule has 88 valence electrons. The summed E-state index contributed by atoms with van der Waals surface area (Å²) in [7, 11) is 3.63. The molecule has 4 nitrogen and oxygen atoms in total. The summed E-state index contributed by atoms with van der Waals surface area (Å²) < 4.78 is 0. The van der Waals surface area contributed by atoms with Gasteiger partial charge < -0.3 is 10.2 Å². The highest BCUT2D eigenvalue weighted by molar-refractivity contribution is 5.75. The molecule has 0 unspecified atom stereocenters. The van der Waals surface area contributed by atoms with Crippen molar-refractivity contribution in [1.29, 1.82) is 0 Å². The fourth-order valence-corrected chi connectivity index (χ4v) is 1.79. The van der Waals surface area contributed by atoms with Crippen molar-refractivity contribution in [1.82, 2.24) is 15.1 Å². The Balaban J connectivity index is 2.14. The van der Waals surface area contributed by atoms with E-state index in [0.29, 0.717) is 12.5 Å². The van der Waals surface area contributed by atoms with Gasteiger partial charge in [-0.3, -0.25) is 9.69 Å². The van der Waals surface area contributed by atoms with Crippen molar-refractivity contribution >= 4 is 5.91 Å². The third-order valence-corrected chi connectivity index (χ3v) is 3.02. The minimum absolute atomic E-state index is 0.234. The van der Waals surface area contributed by atoms with Crippen LogP contribution in [-0.4, -0.2) is 62.0 Å². The van der Waals surface area contributed by atoms with Gasteiger partial charge >= 0.3 is 0 Å². The predicted molar refractivity (Wildman–Crippen MR) is 61.8 cm³/mol. The van der Waals surface area contributed by atoms with E-state index in [9.17, 15) is 4.79 Å². The first-order chi connectivity index (χ1) is 7.15. The zero-order chi connectivity index (χ0) is 11.3. The maximum atomic E-state index is 11.4. The highest BCUT2D eigenvalue weighted by Crippen LogP contribution is 2.06. The molecule has 1 heterocycles. The fraction of sp³-hybridized carbons (Fsp3) is 0.909. The van der Waals surface area contributed by atoms with E-state index in [4.69, 9.17) is 0 Å². The first-order valence-corrected chi connectivity index (χ1v) is 5.80. The minimum atomic E-state index is 0.234. The Kier molecular flexibility index (Phi) is 5.05. The van der Waals surface area contributed by atoms with Crippen LogP contribution in [0, 0.1) is 0 Å². The SMILES string of the molecule is CCN(CCCC(=O)N(C)C)C1CNC1. The lowest BCUT2D eigenvalue weighted by Crippen LogP contribution is -2.57. The molecule has 0 aromatic heterocycles. The molecule has 1 saturated heterocycles. The molecule has 1 aliphatic heterocycles. The molecule has 1 amide bonds. The second-order valence-electron chi connectivity index (χ2n) is 4.33. The van der Waals surface area contributed by atoms with E-state index < -0.39 is 0 Å². The number of rotatable bonds is 6. The molecule has 0 aromatic rings. The summed E-state index contributed by atoms with van der Waals surface area (Å²) in [5, 5.41) is 3.28. The van der Waals surface area contributed by atoms with Crippen LogP contribution in [0.2, 0.25) is 0 Å². The predicted octanol–water partition coefficient (Wildman–Crippen LogP) is 0.149.